The molecule has 5 aromatic carbocycles. The first-order valence-corrected chi connectivity index (χ1v) is 21.2. The van der Waals surface area contributed by atoms with E-state index >= 15 is 0 Å². The molecule has 0 N–H and O–H groups in total. The summed E-state index contributed by atoms with van der Waals surface area (Å²) in [5.74, 6) is 0.923. The van der Waals surface area contributed by atoms with Gasteiger partial charge in [0, 0.05) is 6.54 Å². The van der Waals surface area contributed by atoms with Crippen LogP contribution < -0.4 is 32.3 Å². The van der Waals surface area contributed by atoms with Gasteiger partial charge in [-0.3, -0.25) is 0 Å². The van der Waals surface area contributed by atoms with Crippen molar-refractivity contribution in [2.45, 2.75) is 57.8 Å². The highest BCUT2D eigenvalue weighted by Gasteiger charge is 2.36. The number of unbranched alkanes of at least 4 members (excludes halogenated alkanes) is 7. The Labute approximate surface area is 320 Å². The van der Waals surface area contributed by atoms with E-state index in [4.69, 9.17) is 4.74 Å². The summed E-state index contributed by atoms with van der Waals surface area (Å²) in [6.45, 7) is 4.13. The smallest absolute Gasteiger partial charge is 0.119 e. The van der Waals surface area contributed by atoms with E-state index in [1.165, 1.54) is 96.0 Å². The lowest BCUT2D eigenvalue weighted by molar-refractivity contribution is -0.0000107. The summed E-state index contributed by atoms with van der Waals surface area (Å²) < 4.78 is 6.03. The van der Waals surface area contributed by atoms with Crippen molar-refractivity contribution in [2.24, 2.45) is 0 Å². The van der Waals surface area contributed by atoms with E-state index in [2.05, 4.69) is 171 Å². The molecule has 0 saturated heterocycles. The molecule has 0 aliphatic rings. The maximum Gasteiger partial charge on any atom is 0.119 e. The highest BCUT2D eigenvalue weighted by Crippen LogP contribution is 2.53. The monoisotopic (exact) mass is 761 g/mol. The van der Waals surface area contributed by atoms with Crippen molar-refractivity contribution in [1.82, 2.24) is 4.90 Å². The first-order chi connectivity index (χ1) is 24.5. The van der Waals surface area contributed by atoms with E-state index < -0.39 is 7.26 Å². The summed E-state index contributed by atoms with van der Waals surface area (Å²) in [4.78, 5) is 2.15. The third-order valence-electron chi connectivity index (χ3n) is 9.87. The van der Waals surface area contributed by atoms with Crippen LogP contribution in [0, 0.1) is 0 Å². The number of benzene rings is 5. The van der Waals surface area contributed by atoms with Gasteiger partial charge >= 0.3 is 0 Å². The predicted octanol–water partition coefficient (Wildman–Crippen LogP) is 8.40. The summed E-state index contributed by atoms with van der Waals surface area (Å²) >= 11 is 0. The molecular formula is C47H57BrNOP. The van der Waals surface area contributed by atoms with Gasteiger partial charge in [-0.25, -0.2) is 0 Å². The van der Waals surface area contributed by atoms with E-state index in [1.807, 2.05) is 0 Å². The molecule has 0 aliphatic carbocycles. The molecular weight excluding hydrogens is 705 g/mol. The van der Waals surface area contributed by atoms with Gasteiger partial charge in [0.25, 0.3) is 0 Å². The van der Waals surface area contributed by atoms with Crippen molar-refractivity contribution in [1.29, 1.82) is 0 Å². The summed E-state index contributed by atoms with van der Waals surface area (Å²) in [7, 11) is 2.80. The standard InChI is InChI=1S/C47H57NOP.BrH/c1-48(2)37-38-49-43-35-33-42(34-36-43)47(41-26-16-11-17-27-41)46(40-24-14-10-15-25-40)32-22-8-6-4-5-7-9-23-39-50(3,44-28-18-12-19-29-44)45-30-20-13-21-31-45;/h10-21,24-31,33-36H,4-9,22-23,32,37-39H2,1-3H3;1H/q+1;/p-1/b47-46-;. The van der Waals surface area contributed by atoms with E-state index in [-0.39, 0.29) is 17.0 Å². The Bertz CT molecular complexity index is 1650. The second kappa shape index (κ2) is 21.8. The van der Waals surface area contributed by atoms with E-state index in [9.17, 15) is 0 Å². The largest absolute Gasteiger partial charge is 1.00 e. The second-order valence-corrected chi connectivity index (χ2v) is 17.8. The zero-order valence-electron chi connectivity index (χ0n) is 31.0. The summed E-state index contributed by atoms with van der Waals surface area (Å²) in [6.07, 6.45) is 12.8. The van der Waals surface area contributed by atoms with Gasteiger partial charge in [-0.1, -0.05) is 141 Å². The number of nitrogens with zero attached hydrogens (tertiary/aromatic N) is 1. The Hall–Kier alpha value is -3.49. The van der Waals surface area contributed by atoms with Crippen molar-refractivity contribution < 1.29 is 21.7 Å². The van der Waals surface area contributed by atoms with Crippen LogP contribution in [0.4, 0.5) is 0 Å². The molecule has 0 saturated carbocycles. The van der Waals surface area contributed by atoms with Crippen LogP contribution in [0.1, 0.15) is 74.5 Å². The first kappa shape index (κ1) is 40.3. The number of rotatable bonds is 20. The van der Waals surface area contributed by atoms with Crippen LogP contribution in [0.25, 0.3) is 11.1 Å². The average Bonchev–Trinajstić information content (AvgIpc) is 3.16. The molecule has 0 radical (unpaired) electrons. The first-order valence-electron chi connectivity index (χ1n) is 18.7. The van der Waals surface area contributed by atoms with Crippen LogP contribution in [-0.2, 0) is 0 Å². The number of halogens is 1. The second-order valence-electron chi connectivity index (χ2n) is 13.9. The normalized spacial score (nSPS) is 11.9. The topological polar surface area (TPSA) is 12.5 Å². The lowest BCUT2D eigenvalue weighted by Gasteiger charge is -2.23. The third-order valence-corrected chi connectivity index (χ3v) is 14.0. The fourth-order valence-corrected chi connectivity index (χ4v) is 10.3. The number of likely N-dealkylation sites (N-methyl/N-ethyl adjacent to an activating group) is 1. The molecule has 0 aliphatic heterocycles. The number of hydrogen-bond donors (Lipinski definition) is 0. The lowest BCUT2D eigenvalue weighted by atomic mass is 9.86. The van der Waals surface area contributed by atoms with Crippen molar-refractivity contribution in [2.75, 3.05) is 40.1 Å². The van der Waals surface area contributed by atoms with Gasteiger partial charge in [0.05, 0.1) is 30.7 Å². The SMILES string of the molecule is CN(C)CCOc1ccc(/C(=C(/CCCCCCCCCC[P+](C)(c2ccccc2)c2ccccc2)c2ccccc2)c2ccccc2)cc1.[Br-]. The predicted molar refractivity (Wildman–Crippen MR) is 221 cm³/mol. The highest BCUT2D eigenvalue weighted by molar-refractivity contribution is 7.88. The molecule has 0 aromatic heterocycles. The molecule has 0 amide bonds. The molecule has 0 heterocycles. The van der Waals surface area contributed by atoms with Crippen molar-refractivity contribution in [3.8, 4) is 5.75 Å². The number of ether oxygens (including phenoxy) is 1. The molecule has 0 atom stereocenters. The Morgan fingerprint density at radius 1 is 0.510 bits per heavy atom. The van der Waals surface area contributed by atoms with Crippen molar-refractivity contribution in [3.63, 3.8) is 0 Å². The van der Waals surface area contributed by atoms with Crippen LogP contribution >= 0.6 is 7.26 Å². The minimum Gasteiger partial charge on any atom is -1.00 e. The zero-order valence-corrected chi connectivity index (χ0v) is 33.5. The number of hydrogen-bond acceptors (Lipinski definition) is 2. The maximum atomic E-state index is 6.03. The van der Waals surface area contributed by atoms with Crippen molar-refractivity contribution in [3.05, 3.63) is 162 Å². The summed E-state index contributed by atoms with van der Waals surface area (Å²) in [5, 5.41) is 3.07. The minimum absolute atomic E-state index is 0. The third kappa shape index (κ3) is 12.3. The molecule has 5 aromatic rings. The van der Waals surface area contributed by atoms with Crippen LogP contribution in [-0.4, -0.2) is 45.0 Å². The van der Waals surface area contributed by atoms with E-state index in [0.717, 1.165) is 18.7 Å². The Balaban J connectivity index is 0.00000583. The summed E-state index contributed by atoms with van der Waals surface area (Å²) in [6, 6.07) is 53.2. The Morgan fingerprint density at radius 2 is 0.941 bits per heavy atom. The van der Waals surface area contributed by atoms with Gasteiger partial charge in [0.2, 0.25) is 0 Å². The van der Waals surface area contributed by atoms with Gasteiger partial charge in [-0.2, -0.15) is 0 Å². The quantitative estimate of drug-likeness (QED) is 0.0449. The number of allylic oxidation sites excluding steroid dienone is 1. The Morgan fingerprint density at radius 3 is 1.45 bits per heavy atom. The van der Waals surface area contributed by atoms with Crippen LogP contribution in [0.15, 0.2) is 146 Å². The molecule has 268 valence electrons. The van der Waals surface area contributed by atoms with E-state index in [1.54, 1.807) is 0 Å². The van der Waals surface area contributed by atoms with Crippen molar-refractivity contribution >= 4 is 29.0 Å². The van der Waals surface area contributed by atoms with Gasteiger partial charge in [0.1, 0.15) is 12.4 Å². The van der Waals surface area contributed by atoms with Crippen LogP contribution in [0.2, 0.25) is 0 Å². The molecule has 2 nitrogen and oxygen atoms in total. The average molecular weight is 763 g/mol. The molecule has 51 heavy (non-hydrogen) atoms. The maximum absolute atomic E-state index is 6.03. The lowest BCUT2D eigenvalue weighted by Crippen LogP contribution is -3.00. The fraction of sp³-hybridized carbons (Fsp3) is 0.319. The van der Waals surface area contributed by atoms with E-state index in [0.29, 0.717) is 6.61 Å². The minimum atomic E-state index is -1.36. The fourth-order valence-electron chi connectivity index (χ4n) is 6.95. The molecule has 0 spiro atoms. The molecule has 4 heteroatoms. The summed E-state index contributed by atoms with van der Waals surface area (Å²) in [5.41, 5.74) is 6.59. The van der Waals surface area contributed by atoms with Crippen LogP contribution in [0.5, 0.6) is 5.75 Å². The van der Waals surface area contributed by atoms with Gasteiger partial charge in [-0.05, 0) is 104 Å². The molecule has 0 unspecified atom stereocenters. The zero-order chi connectivity index (χ0) is 34.9. The van der Waals surface area contributed by atoms with Crippen LogP contribution in [0.3, 0.4) is 0 Å². The molecule has 0 bridgehead atoms. The highest BCUT2D eigenvalue weighted by atomic mass is 79.9. The Kier molecular flexibility index (Phi) is 17.2. The van der Waals surface area contributed by atoms with Gasteiger partial charge in [0.15, 0.2) is 0 Å². The molecule has 0 fully saturated rings. The molecule has 5 rings (SSSR count). The van der Waals surface area contributed by atoms with Gasteiger partial charge in [-0.15, -0.1) is 0 Å². The van der Waals surface area contributed by atoms with Gasteiger partial charge < -0.3 is 26.6 Å².